The summed E-state index contributed by atoms with van der Waals surface area (Å²) in [7, 11) is 0. The number of fused-ring (bicyclic) bond motifs is 1. The number of nitrogens with zero attached hydrogens (tertiary/aromatic N) is 2. The van der Waals surface area contributed by atoms with Crippen LogP contribution in [0.1, 0.15) is 22.5 Å². The minimum atomic E-state index is -4.94. The monoisotopic (exact) mass is 277 g/mol. The first kappa shape index (κ1) is 13.4. The number of aryl methyl sites for hydroxylation is 1. The number of rotatable bonds is 2. The third-order valence-electron chi connectivity index (χ3n) is 2.90. The molecule has 0 bridgehead atoms. The summed E-state index contributed by atoms with van der Waals surface area (Å²) in [5.41, 5.74) is 0.275. The van der Waals surface area contributed by atoms with E-state index in [2.05, 4.69) is 5.10 Å². The molecule has 9 heteroatoms. The molecule has 6 nitrogen and oxygen atoms in total. The van der Waals surface area contributed by atoms with Crippen molar-refractivity contribution in [2.24, 2.45) is 0 Å². The second-order valence-electron chi connectivity index (χ2n) is 4.19. The van der Waals surface area contributed by atoms with Crippen molar-refractivity contribution in [3.63, 3.8) is 0 Å². The predicted octanol–water partition coefficient (Wildman–Crippen LogP) is 0.575. The van der Waals surface area contributed by atoms with Crippen LogP contribution < -0.4 is 5.32 Å². The van der Waals surface area contributed by atoms with Gasteiger partial charge in [0.05, 0.1) is 11.9 Å². The smallest absolute Gasteiger partial charge is 0.471 e. The summed E-state index contributed by atoms with van der Waals surface area (Å²) in [5, 5.41) is 14.6. The number of alkyl halides is 3. The van der Waals surface area contributed by atoms with Crippen LogP contribution in [0.2, 0.25) is 0 Å². The number of carboxylic acid groups (broad SMARTS) is 1. The van der Waals surface area contributed by atoms with Crippen LogP contribution >= 0.6 is 0 Å². The summed E-state index contributed by atoms with van der Waals surface area (Å²) in [6.07, 6.45) is -3.49. The number of carbonyl (C=O) groups is 2. The molecule has 0 saturated carbocycles. The zero-order chi connectivity index (χ0) is 14.2. The van der Waals surface area contributed by atoms with Crippen molar-refractivity contribution in [1.82, 2.24) is 15.1 Å². The van der Waals surface area contributed by atoms with Crippen molar-refractivity contribution in [3.05, 3.63) is 17.5 Å². The second-order valence-corrected chi connectivity index (χ2v) is 4.19. The first-order chi connectivity index (χ1) is 8.79. The summed E-state index contributed by atoms with van der Waals surface area (Å²) in [6, 6.07) is -0.739. The van der Waals surface area contributed by atoms with Gasteiger partial charge in [-0.2, -0.15) is 18.3 Å². The van der Waals surface area contributed by atoms with E-state index in [0.717, 1.165) is 6.20 Å². The molecule has 1 aromatic rings. The number of hydrogen-bond donors (Lipinski definition) is 2. The Hall–Kier alpha value is -2.06. The molecule has 0 aliphatic carbocycles. The van der Waals surface area contributed by atoms with Crippen molar-refractivity contribution in [1.29, 1.82) is 0 Å². The summed E-state index contributed by atoms with van der Waals surface area (Å²) in [4.78, 5) is 21.7. The van der Waals surface area contributed by atoms with Crippen molar-refractivity contribution >= 4 is 11.9 Å². The fraction of sp³-hybridized carbons (Fsp3) is 0.500. The van der Waals surface area contributed by atoms with Crippen LogP contribution in [0.15, 0.2) is 6.20 Å². The van der Waals surface area contributed by atoms with Gasteiger partial charge in [0, 0.05) is 19.0 Å². The van der Waals surface area contributed by atoms with Gasteiger partial charge in [0.25, 0.3) is 0 Å². The zero-order valence-electron chi connectivity index (χ0n) is 9.57. The average Bonchev–Trinajstić information content (AvgIpc) is 2.70. The van der Waals surface area contributed by atoms with Crippen LogP contribution in [0, 0.1) is 0 Å². The molecular formula is C10H10F3N3O3. The second kappa shape index (κ2) is 4.56. The van der Waals surface area contributed by atoms with E-state index in [4.69, 9.17) is 5.11 Å². The minimum Gasteiger partial charge on any atom is -0.478 e. The lowest BCUT2D eigenvalue weighted by Crippen LogP contribution is -2.46. The minimum absolute atomic E-state index is 0.0173. The Labute approximate surface area is 105 Å². The highest BCUT2D eigenvalue weighted by Gasteiger charge is 2.40. The Kier molecular flexibility index (Phi) is 3.21. The Morgan fingerprint density at radius 3 is 2.74 bits per heavy atom. The number of hydrogen-bond acceptors (Lipinski definition) is 3. The predicted molar refractivity (Wildman–Crippen MR) is 55.5 cm³/mol. The number of aromatic nitrogens is 2. The van der Waals surface area contributed by atoms with Crippen LogP contribution in [0.3, 0.4) is 0 Å². The highest BCUT2D eigenvalue weighted by Crippen LogP contribution is 2.20. The molecule has 1 aliphatic rings. The van der Waals surface area contributed by atoms with Gasteiger partial charge in [0.2, 0.25) is 0 Å². The number of amides is 1. The van der Waals surface area contributed by atoms with Gasteiger partial charge in [-0.05, 0) is 6.42 Å². The van der Waals surface area contributed by atoms with E-state index in [0.29, 0.717) is 5.69 Å². The molecule has 104 valence electrons. The van der Waals surface area contributed by atoms with Crippen molar-refractivity contribution in [3.8, 4) is 0 Å². The molecule has 1 aliphatic heterocycles. The van der Waals surface area contributed by atoms with Crippen molar-refractivity contribution in [2.45, 2.75) is 31.6 Å². The molecule has 1 atom stereocenters. The summed E-state index contributed by atoms with van der Waals surface area (Å²) < 4.78 is 37.8. The van der Waals surface area contributed by atoms with Crippen LogP contribution in [-0.2, 0) is 17.8 Å². The number of carboxylic acids is 1. The van der Waals surface area contributed by atoms with Gasteiger partial charge in [-0.3, -0.25) is 9.48 Å². The van der Waals surface area contributed by atoms with Crippen LogP contribution in [0.25, 0.3) is 0 Å². The quantitative estimate of drug-likeness (QED) is 0.828. The molecule has 2 rings (SSSR count). The van der Waals surface area contributed by atoms with Gasteiger partial charge in [-0.15, -0.1) is 0 Å². The van der Waals surface area contributed by atoms with E-state index in [9.17, 15) is 22.8 Å². The Morgan fingerprint density at radius 2 is 2.16 bits per heavy atom. The molecule has 1 unspecified atom stereocenters. The first-order valence-corrected chi connectivity index (χ1v) is 5.44. The molecule has 0 fully saturated rings. The highest BCUT2D eigenvalue weighted by atomic mass is 19.4. The first-order valence-electron chi connectivity index (χ1n) is 5.44. The largest absolute Gasteiger partial charge is 0.478 e. The maximum absolute atomic E-state index is 12.1. The number of halogens is 3. The van der Waals surface area contributed by atoms with Crippen molar-refractivity contribution < 1.29 is 27.9 Å². The maximum Gasteiger partial charge on any atom is 0.471 e. The van der Waals surface area contributed by atoms with Crippen LogP contribution in [-0.4, -0.2) is 39.0 Å². The molecule has 19 heavy (non-hydrogen) atoms. The Morgan fingerprint density at radius 1 is 1.47 bits per heavy atom. The average molecular weight is 277 g/mol. The number of aromatic carboxylic acids is 1. The van der Waals surface area contributed by atoms with Gasteiger partial charge in [-0.25, -0.2) is 4.79 Å². The van der Waals surface area contributed by atoms with Crippen LogP contribution in [0.4, 0.5) is 13.2 Å². The molecule has 2 N–H and O–H groups in total. The zero-order valence-corrected chi connectivity index (χ0v) is 9.57. The van der Waals surface area contributed by atoms with Crippen LogP contribution in [0.5, 0.6) is 0 Å². The van der Waals surface area contributed by atoms with E-state index < -0.39 is 24.1 Å². The standard InChI is InChI=1S/C10H10F3N3O3/c11-10(12,13)9(19)15-5-1-2-16-7(3-5)6(4-14-16)8(17)18/h4-5H,1-3H2,(H,15,19)(H,17,18). The lowest BCUT2D eigenvalue weighted by Gasteiger charge is -2.25. The molecule has 1 amide bonds. The fourth-order valence-electron chi connectivity index (χ4n) is 2.00. The van der Waals surface area contributed by atoms with Gasteiger partial charge in [0.15, 0.2) is 0 Å². The van der Waals surface area contributed by atoms with Gasteiger partial charge < -0.3 is 10.4 Å². The van der Waals surface area contributed by atoms with E-state index >= 15 is 0 Å². The van der Waals surface area contributed by atoms with Gasteiger partial charge >= 0.3 is 18.1 Å². The maximum atomic E-state index is 12.1. The lowest BCUT2D eigenvalue weighted by molar-refractivity contribution is -0.174. The summed E-state index contributed by atoms with van der Waals surface area (Å²) in [6.45, 7) is 0.269. The number of carbonyl (C=O) groups excluding carboxylic acids is 1. The van der Waals surface area contributed by atoms with Crippen molar-refractivity contribution in [2.75, 3.05) is 0 Å². The third-order valence-corrected chi connectivity index (χ3v) is 2.90. The normalized spacial score (nSPS) is 18.8. The SMILES string of the molecule is O=C(O)c1cnn2c1CC(NC(=O)C(F)(F)F)CC2. The topological polar surface area (TPSA) is 84.2 Å². The summed E-state index contributed by atoms with van der Waals surface area (Å²) in [5.74, 6) is -3.20. The van der Waals surface area contributed by atoms with E-state index in [1.807, 2.05) is 5.32 Å². The van der Waals surface area contributed by atoms with E-state index in [-0.39, 0.29) is 24.9 Å². The van der Waals surface area contributed by atoms with Gasteiger partial charge in [-0.1, -0.05) is 0 Å². The van der Waals surface area contributed by atoms with Gasteiger partial charge in [0.1, 0.15) is 5.56 Å². The van der Waals surface area contributed by atoms with E-state index in [1.54, 1.807) is 0 Å². The molecule has 0 aromatic carbocycles. The Bertz CT molecular complexity index is 524. The molecule has 0 spiro atoms. The highest BCUT2D eigenvalue weighted by molar-refractivity contribution is 5.88. The van der Waals surface area contributed by atoms with E-state index in [1.165, 1.54) is 4.68 Å². The summed E-state index contributed by atoms with van der Waals surface area (Å²) >= 11 is 0. The fourth-order valence-corrected chi connectivity index (χ4v) is 2.00. The third kappa shape index (κ3) is 2.69. The molecule has 0 saturated heterocycles. The Balaban J connectivity index is 2.11. The molecular weight excluding hydrogens is 267 g/mol. The molecule has 2 heterocycles. The molecule has 0 radical (unpaired) electrons. The molecule has 1 aromatic heterocycles. The lowest BCUT2D eigenvalue weighted by atomic mass is 10.0. The number of nitrogens with one attached hydrogen (secondary N) is 1.